The van der Waals surface area contributed by atoms with Crippen LogP contribution in [0.1, 0.15) is 0 Å². The van der Waals surface area contributed by atoms with Crippen LogP contribution in [0.25, 0.3) is 0 Å². The van der Waals surface area contributed by atoms with Crippen LogP contribution in [0.5, 0.6) is 0 Å². The molecule has 4 N–H and O–H groups in total. The van der Waals surface area contributed by atoms with E-state index in [1.807, 2.05) is 0 Å². The first-order valence-electron chi connectivity index (χ1n) is 4.86. The average Bonchev–Trinajstić information content (AvgIpc) is 2.24. The molecule has 0 fully saturated rings. The summed E-state index contributed by atoms with van der Waals surface area (Å²) in [7, 11) is -8.54. The van der Waals surface area contributed by atoms with Crippen molar-refractivity contribution < 1.29 is 30.0 Å². The van der Waals surface area contributed by atoms with Gasteiger partial charge in [0.1, 0.15) is 6.54 Å². The number of nitrogens with one attached hydrogen (secondary N) is 2. The third-order valence-corrected chi connectivity index (χ3v) is 3.82. The Labute approximate surface area is 113 Å². The lowest BCUT2D eigenvalue weighted by molar-refractivity contribution is -0.121. The molecule has 0 amide bonds. The molecule has 0 heterocycles. The maximum absolute atomic E-state index is 11.9. The van der Waals surface area contributed by atoms with E-state index in [1.165, 1.54) is 10.8 Å². The zero-order valence-corrected chi connectivity index (χ0v) is 11.3. The quantitative estimate of drug-likeness (QED) is 0.710. The van der Waals surface area contributed by atoms with Crippen molar-refractivity contribution >= 4 is 25.9 Å². The highest BCUT2D eigenvalue weighted by Gasteiger charge is 2.29. The Bertz CT molecular complexity index is 685. The van der Waals surface area contributed by atoms with E-state index in [0.717, 1.165) is 18.2 Å². The van der Waals surface area contributed by atoms with Crippen molar-refractivity contribution in [3.05, 3.63) is 24.3 Å². The molecule has 0 saturated heterocycles. The van der Waals surface area contributed by atoms with Crippen molar-refractivity contribution in [2.24, 2.45) is 5.14 Å². The highest BCUT2D eigenvalue weighted by molar-refractivity contribution is 7.90. The van der Waals surface area contributed by atoms with Crippen LogP contribution in [0.2, 0.25) is 0 Å². The Morgan fingerprint density at radius 3 is 2.25 bits per heavy atom. The van der Waals surface area contributed by atoms with E-state index in [2.05, 4.69) is 0 Å². The predicted molar refractivity (Wildman–Crippen MR) is 64.4 cm³/mol. The molecule has 0 unspecified atom stereocenters. The molecule has 0 aromatic heterocycles. The largest absolute Gasteiger partial charge is 0.402 e. The minimum absolute atomic E-state index is 0.244. The Hall–Kier alpha value is -1.37. The monoisotopic (exact) mass is 333 g/mol. The molecule has 0 bridgehead atoms. The fraction of sp³-hybridized carbons (Fsp3) is 0.250. The lowest BCUT2D eigenvalue weighted by atomic mass is 10.3. The molecule has 1 rings (SSSR count). The summed E-state index contributed by atoms with van der Waals surface area (Å²) < 4.78 is 83.4. The van der Waals surface area contributed by atoms with Gasteiger partial charge in [0.2, 0.25) is 10.0 Å². The van der Waals surface area contributed by atoms with Gasteiger partial charge in [-0.3, -0.25) is 4.72 Å². The summed E-state index contributed by atoms with van der Waals surface area (Å²) in [5.74, 6) is 0. The van der Waals surface area contributed by atoms with Gasteiger partial charge in [0, 0.05) is 0 Å². The lowest BCUT2D eigenvalue weighted by Gasteiger charge is -2.11. The van der Waals surface area contributed by atoms with E-state index in [0.29, 0.717) is 0 Å². The second-order valence-corrected chi connectivity index (χ2v) is 6.68. The maximum atomic E-state index is 11.9. The lowest BCUT2D eigenvalue weighted by Crippen LogP contribution is -2.37. The van der Waals surface area contributed by atoms with Crippen LogP contribution < -0.4 is 14.6 Å². The van der Waals surface area contributed by atoms with E-state index >= 15 is 0 Å². The first-order valence-corrected chi connectivity index (χ1v) is 7.89. The van der Waals surface area contributed by atoms with Gasteiger partial charge in [0.05, 0.1) is 10.6 Å². The van der Waals surface area contributed by atoms with Crippen molar-refractivity contribution in [1.82, 2.24) is 4.72 Å². The molecule has 12 heteroatoms. The van der Waals surface area contributed by atoms with Crippen molar-refractivity contribution in [2.45, 2.75) is 11.1 Å². The smallest absolute Gasteiger partial charge is 0.271 e. The third kappa shape index (κ3) is 5.73. The van der Waals surface area contributed by atoms with Crippen molar-refractivity contribution in [1.29, 1.82) is 0 Å². The normalized spacial score (nSPS) is 13.2. The standard InChI is InChI=1S/C8H10F3N3O4S2/c9-8(10,11)5-13-20(17,18)14-6-2-1-3-7(4-6)19(12,15)16/h1-4,13-14H,5H2,(H2,12,15,16). The highest BCUT2D eigenvalue weighted by atomic mass is 32.2. The molecule has 114 valence electrons. The van der Waals surface area contributed by atoms with Gasteiger partial charge in [-0.2, -0.15) is 26.3 Å². The minimum Gasteiger partial charge on any atom is -0.271 e. The molecule has 20 heavy (non-hydrogen) atoms. The van der Waals surface area contributed by atoms with Crippen LogP contribution in [0.15, 0.2) is 29.2 Å². The average molecular weight is 333 g/mol. The third-order valence-electron chi connectivity index (χ3n) is 1.88. The molecular weight excluding hydrogens is 323 g/mol. The Balaban J connectivity index is 2.88. The molecule has 0 aliphatic rings. The van der Waals surface area contributed by atoms with Crippen molar-refractivity contribution in [3.63, 3.8) is 0 Å². The van der Waals surface area contributed by atoms with Gasteiger partial charge in [-0.05, 0) is 18.2 Å². The topological polar surface area (TPSA) is 118 Å². The van der Waals surface area contributed by atoms with Crippen molar-refractivity contribution in [3.8, 4) is 0 Å². The van der Waals surface area contributed by atoms with Crippen LogP contribution in [-0.2, 0) is 20.2 Å². The SMILES string of the molecule is NS(=O)(=O)c1cccc(NS(=O)(=O)NCC(F)(F)F)c1. The number of sulfonamides is 1. The second-order valence-electron chi connectivity index (χ2n) is 3.61. The molecule has 1 aromatic rings. The van der Waals surface area contributed by atoms with E-state index < -0.39 is 33.0 Å². The number of rotatable bonds is 5. The Kier molecular flexibility index (Phi) is 4.63. The second kappa shape index (κ2) is 5.55. The van der Waals surface area contributed by atoms with Crippen LogP contribution in [-0.4, -0.2) is 29.6 Å². The summed E-state index contributed by atoms with van der Waals surface area (Å²) in [6.45, 7) is -1.75. The van der Waals surface area contributed by atoms with E-state index in [9.17, 15) is 30.0 Å². The summed E-state index contributed by atoms with van der Waals surface area (Å²) in [6, 6.07) is 4.32. The molecular formula is C8H10F3N3O4S2. The summed E-state index contributed by atoms with van der Waals surface area (Å²) in [6.07, 6.45) is -4.71. The fourth-order valence-corrected chi connectivity index (χ4v) is 2.53. The number of benzene rings is 1. The molecule has 0 saturated carbocycles. The molecule has 0 spiro atoms. The van der Waals surface area contributed by atoms with Crippen LogP contribution >= 0.6 is 0 Å². The first-order chi connectivity index (χ1) is 8.89. The highest BCUT2D eigenvalue weighted by Crippen LogP contribution is 2.16. The number of hydrogen-bond acceptors (Lipinski definition) is 4. The minimum atomic E-state index is -4.71. The van der Waals surface area contributed by atoms with Crippen LogP contribution in [0.4, 0.5) is 18.9 Å². The summed E-state index contributed by atoms with van der Waals surface area (Å²) in [5.41, 5.74) is -0.244. The zero-order valence-electron chi connectivity index (χ0n) is 9.68. The predicted octanol–water partition coefficient (Wildman–Crippen LogP) is 0.143. The fourth-order valence-electron chi connectivity index (χ4n) is 1.10. The van der Waals surface area contributed by atoms with Crippen LogP contribution in [0, 0.1) is 0 Å². The molecule has 0 aliphatic heterocycles. The van der Waals surface area contributed by atoms with Gasteiger partial charge in [-0.25, -0.2) is 13.6 Å². The molecule has 7 nitrogen and oxygen atoms in total. The van der Waals surface area contributed by atoms with Gasteiger partial charge >= 0.3 is 6.18 Å². The first kappa shape index (κ1) is 16.7. The number of anilines is 1. The molecule has 0 aliphatic carbocycles. The number of alkyl halides is 3. The van der Waals surface area contributed by atoms with E-state index in [1.54, 1.807) is 4.72 Å². The van der Waals surface area contributed by atoms with Gasteiger partial charge in [-0.15, -0.1) is 0 Å². The maximum Gasteiger partial charge on any atom is 0.402 e. The summed E-state index contributed by atoms with van der Waals surface area (Å²) >= 11 is 0. The van der Waals surface area contributed by atoms with E-state index in [4.69, 9.17) is 5.14 Å². The van der Waals surface area contributed by atoms with Gasteiger partial charge in [0.25, 0.3) is 10.2 Å². The van der Waals surface area contributed by atoms with E-state index in [-0.39, 0.29) is 10.6 Å². The number of nitrogens with two attached hydrogens (primary N) is 1. The number of halogens is 3. The summed E-state index contributed by atoms with van der Waals surface area (Å²) in [5, 5.41) is 4.84. The molecule has 0 atom stereocenters. The van der Waals surface area contributed by atoms with Crippen LogP contribution in [0.3, 0.4) is 0 Å². The Morgan fingerprint density at radius 2 is 1.75 bits per heavy atom. The van der Waals surface area contributed by atoms with Crippen molar-refractivity contribution in [2.75, 3.05) is 11.3 Å². The van der Waals surface area contributed by atoms with Gasteiger partial charge < -0.3 is 0 Å². The molecule has 0 radical (unpaired) electrons. The summed E-state index contributed by atoms with van der Waals surface area (Å²) in [4.78, 5) is -0.381. The Morgan fingerprint density at radius 1 is 1.15 bits per heavy atom. The van der Waals surface area contributed by atoms with Gasteiger partial charge in [-0.1, -0.05) is 6.07 Å². The van der Waals surface area contributed by atoms with Gasteiger partial charge in [0.15, 0.2) is 0 Å². The molecule has 1 aromatic carbocycles. The zero-order chi connectivity index (χ0) is 15.6. The number of primary sulfonamides is 1. The number of hydrogen-bond donors (Lipinski definition) is 3.